The molecule has 0 aromatic carbocycles. The van der Waals surface area contributed by atoms with Gasteiger partial charge in [0.05, 0.1) is 5.92 Å². The van der Waals surface area contributed by atoms with E-state index < -0.39 is 17.8 Å². The molecule has 0 rings (SSSR count). The van der Waals surface area contributed by atoms with E-state index in [-0.39, 0.29) is 12.3 Å². The monoisotopic (exact) mass is 187 g/mol. The number of hydrogen-bond donors (Lipinski definition) is 2. The van der Waals surface area contributed by atoms with Gasteiger partial charge in [0.25, 0.3) is 0 Å². The first kappa shape index (κ1) is 11.9. The molecule has 0 spiro atoms. The lowest BCUT2D eigenvalue weighted by Gasteiger charge is -2.18. The van der Waals surface area contributed by atoms with Crippen molar-refractivity contribution in [3.05, 3.63) is 0 Å². The van der Waals surface area contributed by atoms with Crippen LogP contribution < -0.4 is 5.73 Å². The van der Waals surface area contributed by atoms with Gasteiger partial charge < -0.3 is 10.8 Å². The van der Waals surface area contributed by atoms with Crippen molar-refractivity contribution >= 4 is 11.9 Å². The van der Waals surface area contributed by atoms with Crippen LogP contribution in [-0.2, 0) is 9.59 Å². The SMILES string of the molecule is CCCC(CC(N)=O)C(C)C(=O)O. The van der Waals surface area contributed by atoms with Crippen LogP contribution in [0.5, 0.6) is 0 Å². The molecule has 0 heterocycles. The third kappa shape index (κ3) is 4.50. The van der Waals surface area contributed by atoms with E-state index in [1.54, 1.807) is 6.92 Å². The summed E-state index contributed by atoms with van der Waals surface area (Å²) in [5.41, 5.74) is 5.03. The van der Waals surface area contributed by atoms with Gasteiger partial charge in [0, 0.05) is 6.42 Å². The first-order chi connectivity index (χ1) is 5.99. The zero-order chi connectivity index (χ0) is 10.4. The number of amides is 1. The molecule has 0 saturated carbocycles. The second-order valence-corrected chi connectivity index (χ2v) is 3.35. The number of nitrogens with two attached hydrogens (primary N) is 1. The van der Waals surface area contributed by atoms with Crippen molar-refractivity contribution in [3.63, 3.8) is 0 Å². The number of carbonyl (C=O) groups excluding carboxylic acids is 1. The number of primary amides is 1. The molecule has 0 aliphatic carbocycles. The Morgan fingerprint density at radius 1 is 1.46 bits per heavy atom. The second kappa shape index (κ2) is 5.56. The van der Waals surface area contributed by atoms with Gasteiger partial charge in [-0.25, -0.2) is 0 Å². The number of aliphatic carboxylic acids is 1. The van der Waals surface area contributed by atoms with E-state index in [4.69, 9.17) is 10.8 Å². The minimum atomic E-state index is -0.861. The first-order valence-electron chi connectivity index (χ1n) is 4.50. The van der Waals surface area contributed by atoms with Crippen LogP contribution in [0.3, 0.4) is 0 Å². The largest absolute Gasteiger partial charge is 0.481 e. The summed E-state index contributed by atoms with van der Waals surface area (Å²) in [6.45, 7) is 3.58. The topological polar surface area (TPSA) is 80.4 Å². The molecule has 0 aliphatic rings. The van der Waals surface area contributed by atoms with Crippen molar-refractivity contribution < 1.29 is 14.7 Å². The highest BCUT2D eigenvalue weighted by molar-refractivity contribution is 5.76. The molecule has 0 bridgehead atoms. The van der Waals surface area contributed by atoms with Crippen LogP contribution in [0, 0.1) is 11.8 Å². The highest BCUT2D eigenvalue weighted by Gasteiger charge is 2.24. The Balaban J connectivity index is 4.22. The minimum Gasteiger partial charge on any atom is -0.481 e. The van der Waals surface area contributed by atoms with Crippen molar-refractivity contribution in [2.24, 2.45) is 17.6 Å². The maximum Gasteiger partial charge on any atom is 0.306 e. The standard InChI is InChI=1S/C9H17NO3/c1-3-4-7(5-8(10)11)6(2)9(12)13/h6-7H,3-5H2,1-2H3,(H2,10,11)(H,12,13). The van der Waals surface area contributed by atoms with E-state index in [9.17, 15) is 9.59 Å². The summed E-state index contributed by atoms with van der Waals surface area (Å²) in [5, 5.41) is 8.74. The van der Waals surface area contributed by atoms with Gasteiger partial charge in [-0.05, 0) is 12.3 Å². The third-order valence-corrected chi connectivity index (χ3v) is 2.22. The van der Waals surface area contributed by atoms with Crippen molar-refractivity contribution in [2.45, 2.75) is 33.1 Å². The fourth-order valence-corrected chi connectivity index (χ4v) is 1.36. The first-order valence-corrected chi connectivity index (χ1v) is 4.50. The fraction of sp³-hybridized carbons (Fsp3) is 0.778. The predicted molar refractivity (Wildman–Crippen MR) is 49.0 cm³/mol. The lowest BCUT2D eigenvalue weighted by atomic mass is 9.87. The summed E-state index contributed by atoms with van der Waals surface area (Å²) in [5.74, 6) is -1.90. The normalized spacial score (nSPS) is 14.9. The number of carbonyl (C=O) groups is 2. The summed E-state index contributed by atoms with van der Waals surface area (Å²) in [7, 11) is 0. The molecule has 1 amide bonds. The molecule has 3 N–H and O–H groups in total. The van der Waals surface area contributed by atoms with Gasteiger partial charge in [0.1, 0.15) is 0 Å². The molecular formula is C9H17NO3. The Kier molecular flexibility index (Phi) is 5.11. The van der Waals surface area contributed by atoms with E-state index in [1.165, 1.54) is 0 Å². The van der Waals surface area contributed by atoms with Gasteiger partial charge >= 0.3 is 5.97 Å². The number of rotatable bonds is 6. The molecule has 4 nitrogen and oxygen atoms in total. The summed E-state index contributed by atoms with van der Waals surface area (Å²) < 4.78 is 0. The van der Waals surface area contributed by atoms with Crippen LogP contribution in [0.2, 0.25) is 0 Å². The highest BCUT2D eigenvalue weighted by atomic mass is 16.4. The molecule has 2 atom stereocenters. The summed E-state index contributed by atoms with van der Waals surface area (Å²) in [6, 6.07) is 0. The van der Waals surface area contributed by atoms with E-state index >= 15 is 0 Å². The van der Waals surface area contributed by atoms with Crippen molar-refractivity contribution in [1.82, 2.24) is 0 Å². The third-order valence-electron chi connectivity index (χ3n) is 2.22. The lowest BCUT2D eigenvalue weighted by Crippen LogP contribution is -2.25. The number of hydrogen-bond acceptors (Lipinski definition) is 2. The molecule has 0 aliphatic heterocycles. The maximum atomic E-state index is 10.6. The predicted octanol–water partition coefficient (Wildman–Crippen LogP) is 0.999. The van der Waals surface area contributed by atoms with Crippen LogP contribution in [0.1, 0.15) is 33.1 Å². The molecule has 4 heteroatoms. The molecule has 0 aromatic heterocycles. The van der Waals surface area contributed by atoms with Crippen LogP contribution in [0.15, 0.2) is 0 Å². The lowest BCUT2D eigenvalue weighted by molar-refractivity contribution is -0.143. The van der Waals surface area contributed by atoms with Crippen molar-refractivity contribution in [1.29, 1.82) is 0 Å². The molecule has 2 unspecified atom stereocenters. The smallest absolute Gasteiger partial charge is 0.306 e. The number of carboxylic acid groups (broad SMARTS) is 1. The average molecular weight is 187 g/mol. The Morgan fingerprint density at radius 3 is 2.31 bits per heavy atom. The summed E-state index contributed by atoms with van der Waals surface area (Å²) >= 11 is 0. The van der Waals surface area contributed by atoms with Gasteiger partial charge in [-0.2, -0.15) is 0 Å². The maximum absolute atomic E-state index is 10.6. The quantitative estimate of drug-likeness (QED) is 0.650. The molecular weight excluding hydrogens is 170 g/mol. The van der Waals surface area contributed by atoms with Gasteiger partial charge in [-0.3, -0.25) is 9.59 Å². The van der Waals surface area contributed by atoms with Crippen LogP contribution in [-0.4, -0.2) is 17.0 Å². The molecule has 76 valence electrons. The molecule has 0 aromatic rings. The zero-order valence-electron chi connectivity index (χ0n) is 8.12. The summed E-state index contributed by atoms with van der Waals surface area (Å²) in [6.07, 6.45) is 1.77. The van der Waals surface area contributed by atoms with Crippen molar-refractivity contribution in [2.75, 3.05) is 0 Å². The van der Waals surface area contributed by atoms with E-state index in [0.717, 1.165) is 12.8 Å². The van der Waals surface area contributed by atoms with Crippen LogP contribution >= 0.6 is 0 Å². The highest BCUT2D eigenvalue weighted by Crippen LogP contribution is 2.21. The minimum absolute atomic E-state index is 0.125. The van der Waals surface area contributed by atoms with Gasteiger partial charge in [0.2, 0.25) is 5.91 Å². The zero-order valence-corrected chi connectivity index (χ0v) is 8.12. The fourth-order valence-electron chi connectivity index (χ4n) is 1.36. The molecule has 0 fully saturated rings. The molecule has 0 saturated heterocycles. The van der Waals surface area contributed by atoms with Gasteiger partial charge in [-0.15, -0.1) is 0 Å². The Hall–Kier alpha value is -1.06. The second-order valence-electron chi connectivity index (χ2n) is 3.35. The molecule has 0 radical (unpaired) electrons. The van der Waals surface area contributed by atoms with E-state index in [0.29, 0.717) is 0 Å². The Morgan fingerprint density at radius 2 is 2.00 bits per heavy atom. The van der Waals surface area contributed by atoms with E-state index in [2.05, 4.69) is 0 Å². The summed E-state index contributed by atoms with van der Waals surface area (Å²) in [4.78, 5) is 21.3. The van der Waals surface area contributed by atoms with Gasteiger partial charge in [-0.1, -0.05) is 20.3 Å². The number of carboxylic acids is 1. The van der Waals surface area contributed by atoms with Crippen molar-refractivity contribution in [3.8, 4) is 0 Å². The average Bonchev–Trinajstić information content (AvgIpc) is 2.01. The Labute approximate surface area is 78.1 Å². The van der Waals surface area contributed by atoms with E-state index in [1.807, 2.05) is 6.92 Å². The van der Waals surface area contributed by atoms with Gasteiger partial charge in [0.15, 0.2) is 0 Å². The van der Waals surface area contributed by atoms with Crippen LogP contribution in [0.4, 0.5) is 0 Å². The molecule has 13 heavy (non-hydrogen) atoms. The Bertz CT molecular complexity index is 191. The van der Waals surface area contributed by atoms with Crippen LogP contribution in [0.25, 0.3) is 0 Å².